The molecule has 4 amide bonds. The number of anilines is 1. The highest BCUT2D eigenvalue weighted by atomic mass is 19.1. The number of likely N-dealkylation sites (tertiary alicyclic amines) is 1. The van der Waals surface area contributed by atoms with Gasteiger partial charge in [-0.15, -0.1) is 0 Å². The minimum absolute atomic E-state index is 0.0166. The summed E-state index contributed by atoms with van der Waals surface area (Å²) in [5.74, 6) is -1.94. The molecule has 1 heterocycles. The predicted octanol–water partition coefficient (Wildman–Crippen LogP) is 1.79. The number of nitrogens with zero attached hydrogens (tertiary/aromatic N) is 2. The zero-order valence-electron chi connectivity index (χ0n) is 15.8. The number of likely N-dealkylation sites (N-methyl/N-ethyl adjacent to an activating group) is 1. The van der Waals surface area contributed by atoms with Gasteiger partial charge in [0, 0.05) is 25.7 Å². The molecule has 1 saturated carbocycles. The smallest absolute Gasteiger partial charge is 0.243 e. The minimum atomic E-state index is -0.415. The standard InChI is InChI=1S/C20H24FN3O4/c1-23(12-17(25)22-14-8-6-13(21)7-9-14)18(26)10-11-24-19(27)15-4-2-3-5-16(15)20(24)28/h6-9,15-16H,2-5,10-12H2,1H3,(H,22,25)/t15-,16+. The van der Waals surface area contributed by atoms with Crippen LogP contribution in [0.3, 0.4) is 0 Å². The lowest BCUT2D eigenvalue weighted by Gasteiger charge is -2.19. The molecule has 3 rings (SSSR count). The quantitative estimate of drug-likeness (QED) is 0.752. The molecule has 0 bridgehead atoms. The van der Waals surface area contributed by atoms with Gasteiger partial charge in [0.1, 0.15) is 5.82 Å². The van der Waals surface area contributed by atoms with Crippen molar-refractivity contribution < 1.29 is 23.6 Å². The maximum atomic E-state index is 12.9. The van der Waals surface area contributed by atoms with E-state index in [0.717, 1.165) is 25.7 Å². The summed E-state index contributed by atoms with van der Waals surface area (Å²) in [6.07, 6.45) is 3.38. The van der Waals surface area contributed by atoms with Crippen LogP contribution in [0.5, 0.6) is 0 Å². The van der Waals surface area contributed by atoms with Crippen molar-refractivity contribution in [1.82, 2.24) is 9.80 Å². The third-order valence-corrected chi connectivity index (χ3v) is 5.42. The number of carbonyl (C=O) groups excluding carboxylic acids is 4. The normalized spacial score (nSPS) is 21.4. The number of carbonyl (C=O) groups is 4. The van der Waals surface area contributed by atoms with Crippen molar-refractivity contribution in [3.63, 3.8) is 0 Å². The monoisotopic (exact) mass is 389 g/mol. The van der Waals surface area contributed by atoms with Gasteiger partial charge >= 0.3 is 0 Å². The van der Waals surface area contributed by atoms with Gasteiger partial charge in [-0.3, -0.25) is 24.1 Å². The summed E-state index contributed by atoms with van der Waals surface area (Å²) < 4.78 is 12.9. The minimum Gasteiger partial charge on any atom is -0.336 e. The molecule has 7 nitrogen and oxygen atoms in total. The summed E-state index contributed by atoms with van der Waals surface area (Å²) in [5.41, 5.74) is 0.433. The molecule has 2 atom stereocenters. The fraction of sp³-hybridized carbons (Fsp3) is 0.500. The number of benzene rings is 1. The fourth-order valence-electron chi connectivity index (χ4n) is 3.89. The van der Waals surface area contributed by atoms with E-state index < -0.39 is 11.7 Å². The second-order valence-electron chi connectivity index (χ2n) is 7.38. The second-order valence-corrected chi connectivity index (χ2v) is 7.38. The van der Waals surface area contributed by atoms with E-state index >= 15 is 0 Å². The maximum absolute atomic E-state index is 12.9. The SMILES string of the molecule is CN(CC(=O)Nc1ccc(F)cc1)C(=O)CCN1C(=O)[C@H]2CCCC[C@H]2C1=O. The first-order chi connectivity index (χ1) is 13.4. The topological polar surface area (TPSA) is 86.8 Å². The second kappa shape index (κ2) is 8.50. The maximum Gasteiger partial charge on any atom is 0.243 e. The number of imide groups is 1. The lowest BCUT2D eigenvalue weighted by molar-refractivity contribution is -0.141. The Morgan fingerprint density at radius 2 is 1.68 bits per heavy atom. The molecule has 1 aromatic carbocycles. The predicted molar refractivity (Wildman–Crippen MR) is 99.5 cm³/mol. The van der Waals surface area contributed by atoms with Crippen molar-refractivity contribution >= 4 is 29.3 Å². The van der Waals surface area contributed by atoms with E-state index in [0.29, 0.717) is 5.69 Å². The van der Waals surface area contributed by atoms with Crippen LogP contribution in [0, 0.1) is 17.7 Å². The summed E-state index contributed by atoms with van der Waals surface area (Å²) >= 11 is 0. The highest BCUT2D eigenvalue weighted by molar-refractivity contribution is 6.05. The average Bonchev–Trinajstić information content (AvgIpc) is 2.92. The van der Waals surface area contributed by atoms with E-state index in [1.807, 2.05) is 0 Å². The van der Waals surface area contributed by atoms with Crippen molar-refractivity contribution in [1.29, 1.82) is 0 Å². The molecular weight excluding hydrogens is 365 g/mol. The average molecular weight is 389 g/mol. The molecule has 1 N–H and O–H groups in total. The van der Waals surface area contributed by atoms with Gasteiger partial charge in [-0.1, -0.05) is 12.8 Å². The lowest BCUT2D eigenvalue weighted by atomic mass is 9.81. The number of halogens is 1. The van der Waals surface area contributed by atoms with Crippen molar-refractivity contribution in [3.05, 3.63) is 30.1 Å². The van der Waals surface area contributed by atoms with Crippen molar-refractivity contribution in [2.24, 2.45) is 11.8 Å². The van der Waals surface area contributed by atoms with Crippen LogP contribution < -0.4 is 5.32 Å². The van der Waals surface area contributed by atoms with Crippen LogP contribution in [0.2, 0.25) is 0 Å². The zero-order valence-corrected chi connectivity index (χ0v) is 15.8. The van der Waals surface area contributed by atoms with Gasteiger partial charge < -0.3 is 10.2 Å². The van der Waals surface area contributed by atoms with Crippen molar-refractivity contribution in [3.8, 4) is 0 Å². The largest absolute Gasteiger partial charge is 0.336 e. The number of hydrogen-bond donors (Lipinski definition) is 1. The third-order valence-electron chi connectivity index (χ3n) is 5.42. The first kappa shape index (κ1) is 20.0. The van der Waals surface area contributed by atoms with Crippen molar-refractivity contribution in [2.75, 3.05) is 25.5 Å². The van der Waals surface area contributed by atoms with Gasteiger partial charge in [0.05, 0.1) is 18.4 Å². The Morgan fingerprint density at radius 1 is 1.11 bits per heavy atom. The van der Waals surface area contributed by atoms with Crippen LogP contribution in [-0.4, -0.2) is 53.6 Å². The highest BCUT2D eigenvalue weighted by Crippen LogP contribution is 2.37. The fourth-order valence-corrected chi connectivity index (χ4v) is 3.89. The lowest BCUT2D eigenvalue weighted by Crippen LogP contribution is -2.38. The molecule has 1 aliphatic carbocycles. The number of fused-ring (bicyclic) bond motifs is 1. The molecule has 0 spiro atoms. The van der Waals surface area contributed by atoms with E-state index in [1.165, 1.54) is 41.1 Å². The summed E-state index contributed by atoms with van der Waals surface area (Å²) in [6, 6.07) is 5.32. The Morgan fingerprint density at radius 3 is 2.25 bits per heavy atom. The van der Waals surface area contributed by atoms with E-state index in [9.17, 15) is 23.6 Å². The van der Waals surface area contributed by atoms with Gasteiger partial charge in [0.15, 0.2) is 0 Å². The zero-order chi connectivity index (χ0) is 20.3. The summed E-state index contributed by atoms with van der Waals surface area (Å²) in [7, 11) is 1.49. The molecule has 150 valence electrons. The highest BCUT2D eigenvalue weighted by Gasteiger charge is 2.47. The molecule has 0 unspecified atom stereocenters. The molecule has 1 aromatic rings. The molecule has 1 aliphatic heterocycles. The van der Waals surface area contributed by atoms with Crippen LogP contribution >= 0.6 is 0 Å². The molecule has 2 fully saturated rings. The van der Waals surface area contributed by atoms with Crippen LogP contribution in [0.15, 0.2) is 24.3 Å². The molecule has 0 radical (unpaired) electrons. The number of rotatable bonds is 6. The van der Waals surface area contributed by atoms with Crippen LogP contribution in [-0.2, 0) is 19.2 Å². The van der Waals surface area contributed by atoms with Gasteiger partial charge in [-0.25, -0.2) is 4.39 Å². The molecule has 28 heavy (non-hydrogen) atoms. The summed E-state index contributed by atoms with van der Waals surface area (Å²) in [5, 5.41) is 2.58. The first-order valence-electron chi connectivity index (χ1n) is 9.51. The number of nitrogens with one attached hydrogen (secondary N) is 1. The number of hydrogen-bond acceptors (Lipinski definition) is 4. The molecule has 8 heteroatoms. The van der Waals surface area contributed by atoms with Crippen LogP contribution in [0.25, 0.3) is 0 Å². The van der Waals surface area contributed by atoms with Crippen LogP contribution in [0.1, 0.15) is 32.1 Å². The van der Waals surface area contributed by atoms with Gasteiger partial charge in [-0.2, -0.15) is 0 Å². The Bertz CT molecular complexity index is 756. The van der Waals surface area contributed by atoms with Gasteiger partial charge in [-0.05, 0) is 37.1 Å². The Hall–Kier alpha value is -2.77. The summed E-state index contributed by atoms with van der Waals surface area (Å²) in [6.45, 7) is -0.128. The third kappa shape index (κ3) is 4.37. The molecule has 1 saturated heterocycles. The molecule has 0 aromatic heterocycles. The van der Waals surface area contributed by atoms with Gasteiger partial charge in [0.25, 0.3) is 0 Å². The van der Waals surface area contributed by atoms with E-state index in [-0.39, 0.29) is 49.1 Å². The first-order valence-corrected chi connectivity index (χ1v) is 9.51. The Balaban J connectivity index is 1.47. The van der Waals surface area contributed by atoms with Crippen molar-refractivity contribution in [2.45, 2.75) is 32.1 Å². The van der Waals surface area contributed by atoms with Gasteiger partial charge in [0.2, 0.25) is 23.6 Å². The number of amides is 4. The Labute approximate surface area is 162 Å². The van der Waals surface area contributed by atoms with E-state index in [4.69, 9.17) is 0 Å². The molecule has 2 aliphatic rings. The van der Waals surface area contributed by atoms with E-state index in [1.54, 1.807) is 0 Å². The summed E-state index contributed by atoms with van der Waals surface area (Å²) in [4.78, 5) is 51.7. The molecular formula is C20H24FN3O4. The van der Waals surface area contributed by atoms with Crippen LogP contribution in [0.4, 0.5) is 10.1 Å². The Kier molecular flexibility index (Phi) is 6.06. The van der Waals surface area contributed by atoms with E-state index in [2.05, 4.69) is 5.32 Å².